The predicted molar refractivity (Wildman–Crippen MR) is 61.4 cm³/mol. The third kappa shape index (κ3) is 2.87. The Bertz CT molecular complexity index is 652. The van der Waals surface area contributed by atoms with Crippen LogP contribution in [0.1, 0.15) is 5.56 Å². The molecule has 0 aliphatic rings. The second-order valence-electron chi connectivity index (χ2n) is 3.89. The van der Waals surface area contributed by atoms with E-state index in [0.29, 0.717) is 6.07 Å². The van der Waals surface area contributed by atoms with Crippen molar-refractivity contribution in [3.05, 3.63) is 46.3 Å². The number of rotatable bonds is 3. The van der Waals surface area contributed by atoms with Gasteiger partial charge in [-0.25, -0.2) is 0 Å². The van der Waals surface area contributed by atoms with E-state index in [1.54, 1.807) is 7.05 Å². The third-order valence-electron chi connectivity index (χ3n) is 2.39. The number of benzene rings is 1. The first-order chi connectivity index (χ1) is 9.27. The summed E-state index contributed by atoms with van der Waals surface area (Å²) < 4.78 is 44.8. The van der Waals surface area contributed by atoms with Gasteiger partial charge in [0.2, 0.25) is 0 Å². The summed E-state index contributed by atoms with van der Waals surface area (Å²) in [5, 5.41) is 14.4. The molecule has 0 saturated carbocycles. The highest BCUT2D eigenvalue weighted by molar-refractivity contribution is 5.47. The van der Waals surface area contributed by atoms with Crippen molar-refractivity contribution in [1.29, 1.82) is 0 Å². The lowest BCUT2D eigenvalue weighted by molar-refractivity contribution is -0.388. The zero-order chi connectivity index (χ0) is 14.9. The highest BCUT2D eigenvalue weighted by Crippen LogP contribution is 2.38. The Hall–Kier alpha value is -2.58. The minimum atomic E-state index is -4.84. The number of aromatic nitrogens is 2. The van der Waals surface area contributed by atoms with Crippen molar-refractivity contribution in [3.8, 4) is 11.5 Å². The molecule has 1 aromatic carbocycles. The summed E-state index contributed by atoms with van der Waals surface area (Å²) in [5.74, 6) is 0.0744. The fourth-order valence-electron chi connectivity index (χ4n) is 1.55. The van der Waals surface area contributed by atoms with Gasteiger partial charge in [0.15, 0.2) is 5.75 Å². The first-order valence-corrected chi connectivity index (χ1v) is 5.29. The van der Waals surface area contributed by atoms with Gasteiger partial charge in [-0.15, -0.1) is 0 Å². The molecule has 0 spiro atoms. The van der Waals surface area contributed by atoms with Crippen molar-refractivity contribution < 1.29 is 22.8 Å². The number of aryl methyl sites for hydroxylation is 1. The molecule has 0 amide bonds. The molecule has 20 heavy (non-hydrogen) atoms. The van der Waals surface area contributed by atoms with Crippen molar-refractivity contribution in [1.82, 2.24) is 9.78 Å². The number of ether oxygens (including phenoxy) is 1. The molecule has 1 heterocycles. The standard InChI is InChI=1S/C11H8F3N3O3/c1-16-6-8(5-15-16)20-7-2-3-10(17(18)19)9(4-7)11(12,13)14/h2-6H,1H3. The minimum absolute atomic E-state index is 0.157. The van der Waals surface area contributed by atoms with Crippen molar-refractivity contribution in [2.24, 2.45) is 7.05 Å². The summed E-state index contributed by atoms with van der Waals surface area (Å²) in [4.78, 5) is 9.51. The molecule has 0 saturated heterocycles. The largest absolute Gasteiger partial charge is 0.454 e. The molecule has 2 rings (SSSR count). The molecule has 1 aromatic heterocycles. The topological polar surface area (TPSA) is 70.2 Å². The first kappa shape index (κ1) is 13.8. The van der Waals surface area contributed by atoms with E-state index in [9.17, 15) is 23.3 Å². The van der Waals surface area contributed by atoms with E-state index in [0.717, 1.165) is 12.1 Å². The SMILES string of the molecule is Cn1cc(Oc2ccc([N+](=O)[O-])c(C(F)(F)F)c2)cn1. The number of hydrogen-bond acceptors (Lipinski definition) is 4. The van der Waals surface area contributed by atoms with E-state index in [-0.39, 0.29) is 11.5 Å². The normalized spacial score (nSPS) is 11.4. The van der Waals surface area contributed by atoms with Crippen LogP contribution in [-0.2, 0) is 13.2 Å². The lowest BCUT2D eigenvalue weighted by Gasteiger charge is -2.09. The van der Waals surface area contributed by atoms with Crippen LogP contribution < -0.4 is 4.74 Å². The molecule has 0 aliphatic heterocycles. The van der Waals surface area contributed by atoms with E-state index in [4.69, 9.17) is 4.74 Å². The Balaban J connectivity index is 2.39. The van der Waals surface area contributed by atoms with Crippen LogP contribution in [0.15, 0.2) is 30.6 Å². The molecule has 0 unspecified atom stereocenters. The summed E-state index contributed by atoms with van der Waals surface area (Å²) in [5.41, 5.74) is -2.38. The Labute approximate surface area is 110 Å². The van der Waals surface area contributed by atoms with Crippen LogP contribution in [0.2, 0.25) is 0 Å². The zero-order valence-corrected chi connectivity index (χ0v) is 10.1. The highest BCUT2D eigenvalue weighted by atomic mass is 19.4. The van der Waals surface area contributed by atoms with Crippen molar-refractivity contribution in [2.45, 2.75) is 6.18 Å². The first-order valence-electron chi connectivity index (χ1n) is 5.29. The molecular weight excluding hydrogens is 279 g/mol. The molecule has 0 N–H and O–H groups in total. The van der Waals surface area contributed by atoms with Gasteiger partial charge in [0.25, 0.3) is 5.69 Å². The van der Waals surface area contributed by atoms with E-state index < -0.39 is 22.4 Å². The van der Waals surface area contributed by atoms with E-state index in [1.807, 2.05) is 0 Å². The van der Waals surface area contributed by atoms with Gasteiger partial charge in [0.1, 0.15) is 11.3 Å². The van der Waals surface area contributed by atoms with Crippen LogP contribution in [0, 0.1) is 10.1 Å². The van der Waals surface area contributed by atoms with Crippen LogP contribution in [0.5, 0.6) is 11.5 Å². The quantitative estimate of drug-likeness (QED) is 0.642. The average Bonchev–Trinajstić information content (AvgIpc) is 2.73. The summed E-state index contributed by atoms with van der Waals surface area (Å²) in [6, 6.07) is 2.44. The van der Waals surface area contributed by atoms with Crippen molar-refractivity contribution in [3.63, 3.8) is 0 Å². The number of hydrogen-bond donors (Lipinski definition) is 0. The van der Waals surface area contributed by atoms with Crippen molar-refractivity contribution >= 4 is 5.69 Å². The molecule has 9 heteroatoms. The number of halogens is 3. The molecule has 0 atom stereocenters. The molecule has 2 aromatic rings. The Morgan fingerprint density at radius 2 is 2.05 bits per heavy atom. The summed E-state index contributed by atoms with van der Waals surface area (Å²) in [7, 11) is 1.61. The summed E-state index contributed by atoms with van der Waals surface area (Å²) in [6.07, 6.45) is -2.07. The molecule has 0 bridgehead atoms. The smallest absolute Gasteiger partial charge is 0.423 e. The lowest BCUT2D eigenvalue weighted by atomic mass is 10.1. The number of nitro benzene ring substituents is 1. The molecule has 106 valence electrons. The summed E-state index contributed by atoms with van der Waals surface area (Å²) in [6.45, 7) is 0. The number of nitro groups is 1. The average molecular weight is 287 g/mol. The van der Waals surface area contributed by atoms with E-state index in [2.05, 4.69) is 5.10 Å². The minimum Gasteiger partial charge on any atom is -0.454 e. The van der Waals surface area contributed by atoms with Crippen LogP contribution >= 0.6 is 0 Å². The van der Waals surface area contributed by atoms with Crippen molar-refractivity contribution in [2.75, 3.05) is 0 Å². The molecule has 6 nitrogen and oxygen atoms in total. The van der Waals surface area contributed by atoms with Gasteiger partial charge in [-0.2, -0.15) is 18.3 Å². The van der Waals surface area contributed by atoms with Gasteiger partial charge in [0.05, 0.1) is 17.3 Å². The zero-order valence-electron chi connectivity index (χ0n) is 10.1. The fraction of sp³-hybridized carbons (Fsp3) is 0.182. The number of alkyl halides is 3. The van der Waals surface area contributed by atoms with Gasteiger partial charge in [0, 0.05) is 13.1 Å². The Morgan fingerprint density at radius 3 is 2.55 bits per heavy atom. The van der Waals surface area contributed by atoms with Gasteiger partial charge < -0.3 is 4.74 Å². The lowest BCUT2D eigenvalue weighted by Crippen LogP contribution is -2.09. The maximum atomic E-state index is 12.8. The van der Waals surface area contributed by atoms with E-state index in [1.165, 1.54) is 17.1 Å². The van der Waals surface area contributed by atoms with E-state index >= 15 is 0 Å². The van der Waals surface area contributed by atoms with Crippen LogP contribution in [0.4, 0.5) is 18.9 Å². The third-order valence-corrected chi connectivity index (χ3v) is 2.39. The van der Waals surface area contributed by atoms with Crippen LogP contribution in [-0.4, -0.2) is 14.7 Å². The molecule has 0 fully saturated rings. The predicted octanol–water partition coefficient (Wildman–Crippen LogP) is 3.14. The Morgan fingerprint density at radius 1 is 1.35 bits per heavy atom. The van der Waals surface area contributed by atoms with Crippen LogP contribution in [0.3, 0.4) is 0 Å². The van der Waals surface area contributed by atoms with Crippen LogP contribution in [0.25, 0.3) is 0 Å². The maximum absolute atomic E-state index is 12.8. The maximum Gasteiger partial charge on any atom is 0.423 e. The number of nitrogens with zero attached hydrogens (tertiary/aromatic N) is 3. The second kappa shape index (κ2) is 4.83. The van der Waals surface area contributed by atoms with Gasteiger partial charge in [-0.3, -0.25) is 14.8 Å². The fourth-order valence-corrected chi connectivity index (χ4v) is 1.55. The monoisotopic (exact) mass is 287 g/mol. The molecule has 0 radical (unpaired) electrons. The molecular formula is C11H8F3N3O3. The summed E-state index contributed by atoms with van der Waals surface area (Å²) >= 11 is 0. The highest BCUT2D eigenvalue weighted by Gasteiger charge is 2.38. The van der Waals surface area contributed by atoms with Gasteiger partial charge in [-0.05, 0) is 12.1 Å². The second-order valence-corrected chi connectivity index (χ2v) is 3.89. The van der Waals surface area contributed by atoms with Gasteiger partial charge >= 0.3 is 6.18 Å². The Kier molecular flexibility index (Phi) is 3.35. The molecule has 0 aliphatic carbocycles. The van der Waals surface area contributed by atoms with Gasteiger partial charge in [-0.1, -0.05) is 0 Å².